The monoisotopic (exact) mass is 391 g/mol. The van der Waals surface area contributed by atoms with Crippen molar-refractivity contribution >= 4 is 49.3 Å². The van der Waals surface area contributed by atoms with E-state index in [0.29, 0.717) is 16.1 Å². The lowest BCUT2D eigenvalue weighted by atomic mass is 10.6. The van der Waals surface area contributed by atoms with Crippen molar-refractivity contribution < 1.29 is 13.2 Å². The van der Waals surface area contributed by atoms with E-state index < -0.39 is 16.1 Å². The summed E-state index contributed by atoms with van der Waals surface area (Å²) in [7, 11) is -3.95. The number of carbonyl (C=O) groups excluding carboxylic acids is 1. The van der Waals surface area contributed by atoms with Crippen molar-refractivity contribution in [3.8, 4) is 0 Å². The average Bonchev–Trinajstić information content (AvgIpc) is 2.73. The molecule has 21 heavy (non-hydrogen) atoms. The summed E-state index contributed by atoms with van der Waals surface area (Å²) in [6, 6.07) is 0.635. The van der Waals surface area contributed by atoms with Crippen LogP contribution in [0.15, 0.2) is 20.1 Å². The Kier molecular flexibility index (Phi) is 4.54. The minimum absolute atomic E-state index is 0.0145. The number of nitrogens with one attached hydrogen (secondary N) is 2. The zero-order valence-electron chi connectivity index (χ0n) is 10.9. The van der Waals surface area contributed by atoms with Crippen molar-refractivity contribution in [2.45, 2.75) is 18.1 Å². The molecule has 2 heterocycles. The van der Waals surface area contributed by atoms with Gasteiger partial charge >= 0.3 is 6.03 Å². The largest absolute Gasteiger partial charge is 0.335 e. The van der Waals surface area contributed by atoms with Gasteiger partial charge in [-0.05, 0) is 41.2 Å². The second-order valence-electron chi connectivity index (χ2n) is 3.87. The van der Waals surface area contributed by atoms with Crippen molar-refractivity contribution in [2.75, 3.05) is 5.32 Å². The summed E-state index contributed by atoms with van der Waals surface area (Å²) in [5.41, 5.74) is 0. The molecule has 2 aromatic heterocycles. The molecule has 8 nitrogen and oxygen atoms in total. The minimum Gasteiger partial charge on any atom is -0.275 e. The van der Waals surface area contributed by atoms with Crippen molar-refractivity contribution in [3.63, 3.8) is 0 Å². The minimum atomic E-state index is -3.95. The number of carbonyl (C=O) groups is 1. The van der Waals surface area contributed by atoms with Crippen LogP contribution in [0.3, 0.4) is 0 Å². The Hall–Kier alpha value is -1.59. The topological polar surface area (TPSA) is 114 Å². The zero-order valence-corrected chi connectivity index (χ0v) is 14.1. The molecule has 2 aromatic rings. The number of aromatic nitrogens is 3. The van der Waals surface area contributed by atoms with Gasteiger partial charge in [-0.2, -0.15) is 9.97 Å². The van der Waals surface area contributed by atoms with E-state index in [1.54, 1.807) is 25.3 Å². The number of aryl methyl sites for hydroxylation is 2. The lowest BCUT2D eigenvalue weighted by Gasteiger charge is -2.07. The summed E-state index contributed by atoms with van der Waals surface area (Å²) in [6.45, 7) is 3.27. The molecular formula is C10H10BrN5O3S2. The number of rotatable bonds is 3. The van der Waals surface area contributed by atoms with Crippen LogP contribution in [0.5, 0.6) is 0 Å². The van der Waals surface area contributed by atoms with Gasteiger partial charge in [-0.1, -0.05) is 0 Å². The van der Waals surface area contributed by atoms with Gasteiger partial charge in [0.1, 0.15) is 11.6 Å². The molecule has 0 aliphatic heterocycles. The van der Waals surface area contributed by atoms with Crippen LogP contribution in [0.25, 0.3) is 0 Å². The van der Waals surface area contributed by atoms with Gasteiger partial charge in [-0.25, -0.2) is 22.9 Å². The molecule has 11 heteroatoms. The Morgan fingerprint density at radius 1 is 1.24 bits per heavy atom. The summed E-state index contributed by atoms with van der Waals surface area (Å²) in [5, 5.41) is 3.85. The molecule has 0 aliphatic carbocycles. The number of amides is 2. The molecule has 2 rings (SSSR count). The number of nitrogens with zero attached hydrogens (tertiary/aromatic N) is 3. The number of anilines is 1. The molecule has 0 saturated carbocycles. The predicted molar refractivity (Wildman–Crippen MR) is 80.7 cm³/mol. The lowest BCUT2D eigenvalue weighted by molar-refractivity contribution is 0.256. The van der Waals surface area contributed by atoms with E-state index in [0.717, 1.165) is 11.3 Å². The summed E-state index contributed by atoms with van der Waals surface area (Å²) in [6.07, 6.45) is 0. The van der Waals surface area contributed by atoms with E-state index in [2.05, 4.69) is 36.2 Å². The molecule has 0 spiro atoms. The lowest BCUT2D eigenvalue weighted by Crippen LogP contribution is -2.34. The first kappa shape index (κ1) is 15.8. The number of thiophene rings is 1. The Morgan fingerprint density at radius 3 is 2.38 bits per heavy atom. The quantitative estimate of drug-likeness (QED) is 0.824. The first-order chi connectivity index (χ1) is 9.78. The Morgan fingerprint density at radius 2 is 1.86 bits per heavy atom. The van der Waals surface area contributed by atoms with Crippen molar-refractivity contribution in [1.29, 1.82) is 0 Å². The highest BCUT2D eigenvalue weighted by atomic mass is 79.9. The van der Waals surface area contributed by atoms with Gasteiger partial charge in [0.25, 0.3) is 10.0 Å². The molecule has 0 aromatic carbocycles. The third-order valence-corrected chi connectivity index (χ3v) is 6.14. The maximum atomic E-state index is 12.0. The molecule has 2 N–H and O–H groups in total. The summed E-state index contributed by atoms with van der Waals surface area (Å²) < 4.78 is 26.3. The molecule has 0 aliphatic rings. The van der Waals surface area contributed by atoms with Gasteiger partial charge in [0.15, 0.2) is 4.21 Å². The van der Waals surface area contributed by atoms with Gasteiger partial charge in [-0.3, -0.25) is 5.32 Å². The molecule has 0 unspecified atom stereocenters. The molecular weight excluding hydrogens is 382 g/mol. The van der Waals surface area contributed by atoms with E-state index in [-0.39, 0.29) is 10.2 Å². The second kappa shape index (κ2) is 6.03. The third kappa shape index (κ3) is 3.95. The molecule has 0 bridgehead atoms. The Balaban J connectivity index is 2.13. The van der Waals surface area contributed by atoms with Crippen molar-refractivity contribution in [1.82, 2.24) is 19.7 Å². The highest BCUT2D eigenvalue weighted by Crippen LogP contribution is 2.27. The smallest absolute Gasteiger partial charge is 0.275 e. The van der Waals surface area contributed by atoms with Crippen LogP contribution >= 0.6 is 27.3 Å². The van der Waals surface area contributed by atoms with Crippen LogP contribution < -0.4 is 10.0 Å². The highest BCUT2D eigenvalue weighted by molar-refractivity contribution is 9.10. The van der Waals surface area contributed by atoms with Crippen LogP contribution in [-0.4, -0.2) is 29.4 Å². The van der Waals surface area contributed by atoms with E-state index in [9.17, 15) is 13.2 Å². The van der Waals surface area contributed by atoms with Crippen LogP contribution in [0, 0.1) is 13.8 Å². The fraction of sp³-hybridized carbons (Fsp3) is 0.200. The zero-order chi connectivity index (χ0) is 15.6. The number of urea groups is 1. The summed E-state index contributed by atoms with van der Waals surface area (Å²) >= 11 is 4.10. The molecule has 0 radical (unpaired) electrons. The first-order valence-corrected chi connectivity index (χ1v) is 8.69. The standard InChI is InChI=1S/C10H10BrN5O3S2/c1-5-12-6(2)14-9(13-5)15-10(17)16-21(18,19)8-7(11)3-4-20-8/h3-4H,1-2H3,(H2,12,13,14,15,16,17). The van der Waals surface area contributed by atoms with Crippen LogP contribution in [0.4, 0.5) is 10.7 Å². The fourth-order valence-electron chi connectivity index (χ4n) is 1.44. The summed E-state index contributed by atoms with van der Waals surface area (Å²) in [5.74, 6) is 0.821. The van der Waals surface area contributed by atoms with Gasteiger partial charge in [0, 0.05) is 4.47 Å². The number of halogens is 1. The molecule has 0 fully saturated rings. The van der Waals surface area contributed by atoms with Gasteiger partial charge in [0.05, 0.1) is 0 Å². The van der Waals surface area contributed by atoms with Crippen molar-refractivity contribution in [3.05, 3.63) is 27.6 Å². The van der Waals surface area contributed by atoms with Gasteiger partial charge < -0.3 is 0 Å². The first-order valence-electron chi connectivity index (χ1n) is 5.54. The van der Waals surface area contributed by atoms with E-state index in [1.807, 2.05) is 4.72 Å². The summed E-state index contributed by atoms with van der Waals surface area (Å²) in [4.78, 5) is 23.5. The van der Waals surface area contributed by atoms with Crippen LogP contribution in [0.2, 0.25) is 0 Å². The SMILES string of the molecule is Cc1nc(C)nc(NC(=O)NS(=O)(=O)c2sccc2Br)n1. The number of hydrogen-bond acceptors (Lipinski definition) is 7. The van der Waals surface area contributed by atoms with E-state index in [1.165, 1.54) is 0 Å². The van der Waals surface area contributed by atoms with Crippen LogP contribution in [-0.2, 0) is 10.0 Å². The van der Waals surface area contributed by atoms with Crippen LogP contribution in [0.1, 0.15) is 11.6 Å². The fourth-order valence-corrected chi connectivity index (χ4v) is 4.68. The molecule has 0 atom stereocenters. The van der Waals surface area contributed by atoms with E-state index in [4.69, 9.17) is 0 Å². The van der Waals surface area contributed by atoms with Gasteiger partial charge in [0.2, 0.25) is 5.95 Å². The third-order valence-electron chi connectivity index (χ3n) is 2.14. The maximum Gasteiger partial charge on any atom is 0.335 e. The normalized spacial score (nSPS) is 11.2. The number of hydrogen-bond donors (Lipinski definition) is 2. The highest BCUT2D eigenvalue weighted by Gasteiger charge is 2.22. The van der Waals surface area contributed by atoms with Crippen molar-refractivity contribution in [2.24, 2.45) is 0 Å². The van der Waals surface area contributed by atoms with Gasteiger partial charge in [-0.15, -0.1) is 11.3 Å². The average molecular weight is 392 g/mol. The maximum absolute atomic E-state index is 12.0. The Bertz CT molecular complexity index is 769. The number of sulfonamides is 1. The Labute approximate surface area is 133 Å². The second-order valence-corrected chi connectivity index (χ2v) is 7.52. The molecule has 0 saturated heterocycles. The molecule has 2 amide bonds. The predicted octanol–water partition coefficient (Wildman–Crippen LogP) is 1.82. The van der Waals surface area contributed by atoms with E-state index >= 15 is 0 Å². The molecule has 112 valence electrons.